The minimum atomic E-state index is -0.981. The maximum Gasteiger partial charge on any atom is 0.204 e. The molecule has 3 rings (SSSR count). The molecule has 5 nitrogen and oxygen atoms in total. The quantitative estimate of drug-likeness (QED) is 0.0632. The molecule has 0 unspecified atom stereocenters. The van der Waals surface area contributed by atoms with Gasteiger partial charge in [0.1, 0.15) is 0 Å². The van der Waals surface area contributed by atoms with Gasteiger partial charge in [-0.15, -0.1) is 13.2 Å². The molecule has 0 aliphatic heterocycles. The molecule has 0 atom stereocenters. The molecule has 2 saturated carbocycles. The van der Waals surface area contributed by atoms with Crippen LogP contribution in [-0.4, -0.2) is 28.8 Å². The number of hydrogen-bond acceptors (Lipinski definition) is 5. The van der Waals surface area contributed by atoms with Crippen LogP contribution < -0.4 is 9.47 Å². The van der Waals surface area contributed by atoms with Crippen molar-refractivity contribution in [3.63, 3.8) is 0 Å². The Bertz CT molecular complexity index is 790. The third-order valence-electron chi connectivity index (χ3n) is 6.77. The number of halogens is 2. The Kier molecular flexibility index (Phi) is 27.5. The van der Waals surface area contributed by atoms with Gasteiger partial charge in [0.25, 0.3) is 0 Å². The first kappa shape index (κ1) is 41.2. The summed E-state index contributed by atoms with van der Waals surface area (Å²) in [6.45, 7) is 8.24. The van der Waals surface area contributed by atoms with Crippen molar-refractivity contribution < 1.29 is 107 Å². The Hall–Kier alpha value is -0.287. The molecule has 37 heavy (non-hydrogen) atoms. The van der Waals surface area contributed by atoms with Gasteiger partial charge < -0.3 is 21.0 Å². The van der Waals surface area contributed by atoms with Crippen molar-refractivity contribution in [2.45, 2.75) is 57.8 Å². The van der Waals surface area contributed by atoms with Gasteiger partial charge in [0.05, 0.1) is 13.2 Å². The fraction of sp³-hybridized carbons (Fsp3) is 0.556. The molecule has 207 valence electrons. The van der Waals surface area contributed by atoms with E-state index in [0.29, 0.717) is 24.9 Å². The molecule has 3 radical (unpaired) electrons. The van der Waals surface area contributed by atoms with E-state index in [2.05, 4.69) is 19.2 Å². The summed E-state index contributed by atoms with van der Waals surface area (Å²) in [4.78, 5) is 0. The molecule has 0 amide bonds. The van der Waals surface area contributed by atoms with E-state index in [1.54, 1.807) is 6.08 Å². The summed E-state index contributed by atoms with van der Waals surface area (Å²) in [5, 5.41) is 19.0. The monoisotopic (exact) mass is 674 g/mol. The van der Waals surface area contributed by atoms with Gasteiger partial charge in [-0.05, 0) is 93.6 Å². The van der Waals surface area contributed by atoms with Crippen LogP contribution in [0.25, 0.3) is 0 Å². The second-order valence-electron chi connectivity index (χ2n) is 8.73. The zero-order chi connectivity index (χ0) is 25.3. The Morgan fingerprint density at radius 2 is 1.35 bits per heavy atom. The van der Waals surface area contributed by atoms with Crippen LogP contribution in [0, 0.1) is 47.8 Å². The first-order chi connectivity index (χ1) is 16.5. The van der Waals surface area contributed by atoms with E-state index in [-0.39, 0.29) is 90.8 Å². The smallest absolute Gasteiger partial charge is 0.204 e. The molecule has 3 N–H and O–H groups in total. The molecule has 2 aliphatic rings. The van der Waals surface area contributed by atoms with Crippen LogP contribution in [0.15, 0.2) is 37.4 Å². The zero-order valence-corrected chi connectivity index (χ0v) is 26.8. The zero-order valence-electron chi connectivity index (χ0n) is 21.2. The van der Waals surface area contributed by atoms with Crippen molar-refractivity contribution in [1.29, 1.82) is 0 Å². The standard InChI is InChI=1S/C25H34F2O2.C2HO.H2O2.2V.Y.2H2/c1-3-5-16-28-22-14-15-23(25(27)24(22)26)29-17-19-8-12-21(13-9-19)20-10-6-18(4-2)7-11-20;1-2-3;1-2;;;;;/h3-4,14-15,18-21H,1-2,5-13,16-17H2;3H;1-2H;;;;2*1H/q;-1;;;;;;. The minimum absolute atomic E-state index is 0. The summed E-state index contributed by atoms with van der Waals surface area (Å²) in [5.41, 5.74) is 0. The van der Waals surface area contributed by atoms with Crippen LogP contribution in [0.5, 0.6) is 11.5 Å². The van der Waals surface area contributed by atoms with Crippen molar-refractivity contribution in [3.8, 4) is 17.6 Å². The number of hydrogen-bond donors (Lipinski definition) is 3. The van der Waals surface area contributed by atoms with Gasteiger partial charge >= 0.3 is 0 Å². The molecule has 0 saturated heterocycles. The summed E-state index contributed by atoms with van der Waals surface area (Å²) in [6.07, 6.45) is 20.8. The van der Waals surface area contributed by atoms with Gasteiger partial charge in [-0.2, -0.15) is 14.9 Å². The maximum absolute atomic E-state index is 14.3. The van der Waals surface area contributed by atoms with Gasteiger partial charge in [0, 0.05) is 72.7 Å². The SMILES string of the molecule is C=CCCOc1ccc(OCC2CCC(C3CCC(C=C)CC3)CC2)c(F)c1F.OO.[C-]#CO.[HH].[HH].[V].[V].[Y]. The molecule has 1 aromatic carbocycles. The fourth-order valence-corrected chi connectivity index (χ4v) is 4.88. The van der Waals surface area contributed by atoms with Crippen LogP contribution in [0.4, 0.5) is 8.78 Å². The molecular formula is C27H41F2O5V2Y-. The summed E-state index contributed by atoms with van der Waals surface area (Å²) >= 11 is 0. The number of aliphatic hydroxyl groups is 1. The number of aliphatic hydroxyl groups excluding tert-OH is 1. The topological polar surface area (TPSA) is 79.2 Å². The Labute approximate surface area is 272 Å². The maximum atomic E-state index is 14.3. The van der Waals surface area contributed by atoms with Crippen molar-refractivity contribution in [3.05, 3.63) is 55.5 Å². The third kappa shape index (κ3) is 14.6. The largest absolute Gasteiger partial charge is 0.648 e. The first-order valence-electron chi connectivity index (χ1n) is 11.8. The van der Waals surface area contributed by atoms with Crippen LogP contribution in [0.1, 0.15) is 60.6 Å². The molecule has 1 aromatic rings. The molecule has 2 fully saturated rings. The van der Waals surface area contributed by atoms with Crippen LogP contribution in [-0.2, 0) is 69.8 Å². The number of allylic oxidation sites excluding steroid dienone is 1. The summed E-state index contributed by atoms with van der Waals surface area (Å²) < 4.78 is 39.3. The minimum Gasteiger partial charge on any atom is -0.648 e. The van der Waals surface area contributed by atoms with Crippen molar-refractivity contribution in [2.75, 3.05) is 13.2 Å². The molecule has 10 heteroatoms. The van der Waals surface area contributed by atoms with E-state index in [1.165, 1.54) is 50.7 Å². The van der Waals surface area contributed by atoms with Crippen LogP contribution in [0.2, 0.25) is 0 Å². The summed E-state index contributed by atoms with van der Waals surface area (Å²) in [7, 11) is 0. The van der Waals surface area contributed by atoms with Gasteiger partial charge in [-0.1, -0.05) is 12.2 Å². The normalized spacial score (nSPS) is 21.7. The Balaban J connectivity index is -0.000000361. The first-order valence-corrected chi connectivity index (χ1v) is 11.8. The van der Waals surface area contributed by atoms with Crippen molar-refractivity contribution in [2.24, 2.45) is 23.7 Å². The summed E-state index contributed by atoms with van der Waals surface area (Å²) in [5.74, 6) is 0.754. The predicted octanol–water partition coefficient (Wildman–Crippen LogP) is 7.51. The van der Waals surface area contributed by atoms with Crippen molar-refractivity contribution in [1.82, 2.24) is 0 Å². The van der Waals surface area contributed by atoms with E-state index in [4.69, 9.17) is 31.5 Å². The molecular weight excluding hydrogens is 633 g/mol. The van der Waals surface area contributed by atoms with Gasteiger partial charge in [-0.25, -0.2) is 0 Å². The van der Waals surface area contributed by atoms with Crippen LogP contribution in [0.3, 0.4) is 0 Å². The Morgan fingerprint density at radius 1 is 0.919 bits per heavy atom. The Morgan fingerprint density at radius 3 is 1.78 bits per heavy atom. The molecule has 2 aliphatic carbocycles. The van der Waals surface area contributed by atoms with Crippen LogP contribution >= 0.6 is 0 Å². The average Bonchev–Trinajstić information content (AvgIpc) is 2.88. The molecule has 0 heterocycles. The van der Waals surface area contributed by atoms with Gasteiger partial charge in [-0.3, -0.25) is 10.5 Å². The van der Waals surface area contributed by atoms with Crippen molar-refractivity contribution >= 4 is 0 Å². The molecule has 0 aromatic heterocycles. The number of ether oxygens (including phenoxy) is 2. The second kappa shape index (κ2) is 24.7. The second-order valence-corrected chi connectivity index (χ2v) is 8.73. The fourth-order valence-electron chi connectivity index (χ4n) is 4.88. The molecule has 0 bridgehead atoms. The number of benzene rings is 1. The summed E-state index contributed by atoms with van der Waals surface area (Å²) in [6, 6.07) is 2.90. The van der Waals surface area contributed by atoms with E-state index < -0.39 is 11.6 Å². The van der Waals surface area contributed by atoms with E-state index in [0.717, 1.165) is 30.8 Å². The van der Waals surface area contributed by atoms with Gasteiger partial charge in [0.15, 0.2) is 11.5 Å². The average molecular weight is 674 g/mol. The van der Waals surface area contributed by atoms with E-state index in [1.807, 2.05) is 0 Å². The van der Waals surface area contributed by atoms with E-state index in [9.17, 15) is 8.78 Å². The van der Waals surface area contributed by atoms with E-state index >= 15 is 0 Å². The molecule has 0 spiro atoms. The van der Waals surface area contributed by atoms with Gasteiger partial charge in [0.2, 0.25) is 11.6 Å². The third-order valence-corrected chi connectivity index (χ3v) is 6.77. The number of rotatable bonds is 9. The predicted molar refractivity (Wildman–Crippen MR) is 132 cm³/mol.